The fourth-order valence-corrected chi connectivity index (χ4v) is 8.32. The van der Waals surface area contributed by atoms with E-state index >= 15 is 0 Å². The summed E-state index contributed by atoms with van der Waals surface area (Å²) < 4.78 is 6.57. The molecular weight excluding hydrogens is 560 g/mol. The van der Waals surface area contributed by atoms with E-state index in [0.29, 0.717) is 0 Å². The van der Waals surface area contributed by atoms with Crippen molar-refractivity contribution in [3.8, 4) is 22.6 Å². The molecule has 6 aromatic carbocycles. The van der Waals surface area contributed by atoms with Gasteiger partial charge in [-0.3, -0.25) is 0 Å². The van der Waals surface area contributed by atoms with Crippen molar-refractivity contribution in [3.05, 3.63) is 155 Å². The van der Waals surface area contributed by atoms with E-state index in [-0.39, 0.29) is 10.8 Å². The van der Waals surface area contributed by atoms with Crippen molar-refractivity contribution in [3.63, 3.8) is 0 Å². The Labute approximate surface area is 271 Å². The fourth-order valence-electron chi connectivity index (χ4n) is 8.32. The van der Waals surface area contributed by atoms with E-state index in [1.54, 1.807) is 0 Å². The van der Waals surface area contributed by atoms with Crippen LogP contribution in [-0.4, -0.2) is 0 Å². The molecule has 9 rings (SSSR count). The summed E-state index contributed by atoms with van der Waals surface area (Å²) in [5, 5.41) is 0. The summed E-state index contributed by atoms with van der Waals surface area (Å²) in [5.41, 5.74) is 15.7. The SMILES string of the molecule is Cc1cccc2c1N1c3cccc(N(c4ccccc4)c4ccc5c(c4)C(C)(C)c4ccccc4-5)c3C(C)(C)c3cccc(c31)O2. The summed E-state index contributed by atoms with van der Waals surface area (Å²) >= 11 is 0. The minimum Gasteiger partial charge on any atom is -0.453 e. The van der Waals surface area contributed by atoms with Crippen LogP contribution in [0.3, 0.4) is 0 Å². The predicted molar refractivity (Wildman–Crippen MR) is 190 cm³/mol. The van der Waals surface area contributed by atoms with Gasteiger partial charge in [-0.25, -0.2) is 0 Å². The lowest BCUT2D eigenvalue weighted by molar-refractivity contribution is 0.471. The number of rotatable bonds is 3. The topological polar surface area (TPSA) is 15.7 Å². The van der Waals surface area contributed by atoms with Gasteiger partial charge in [0.15, 0.2) is 11.5 Å². The van der Waals surface area contributed by atoms with Crippen molar-refractivity contribution in [2.24, 2.45) is 0 Å². The van der Waals surface area contributed by atoms with E-state index in [2.05, 4.69) is 172 Å². The van der Waals surface area contributed by atoms with Gasteiger partial charge in [-0.15, -0.1) is 0 Å². The standard InChI is InChI=1S/C43H36N2O/c1-27-14-11-22-37-40(27)45-36-21-13-20-35(39(36)43(4,5)33-19-12-23-38(46-37)41(33)45)44(28-15-7-6-8-16-28)29-24-25-31-30-17-9-10-18-32(30)42(2,3)34(31)26-29/h6-26H,1-5H3. The van der Waals surface area contributed by atoms with Crippen LogP contribution in [0, 0.1) is 6.92 Å². The van der Waals surface area contributed by atoms with Crippen LogP contribution in [0.2, 0.25) is 0 Å². The smallest absolute Gasteiger partial charge is 0.151 e. The summed E-state index contributed by atoms with van der Waals surface area (Å²) in [7, 11) is 0. The number of anilines is 6. The Kier molecular flexibility index (Phi) is 5.51. The fraction of sp³-hybridized carbons (Fsp3) is 0.163. The van der Waals surface area contributed by atoms with Crippen LogP contribution in [0.4, 0.5) is 34.1 Å². The van der Waals surface area contributed by atoms with Gasteiger partial charge in [-0.05, 0) is 88.8 Å². The summed E-state index contributed by atoms with van der Waals surface area (Å²) in [4.78, 5) is 4.92. The minimum atomic E-state index is -0.309. The molecule has 6 aromatic rings. The van der Waals surface area contributed by atoms with Gasteiger partial charge >= 0.3 is 0 Å². The molecule has 3 aliphatic rings. The third-order valence-corrected chi connectivity index (χ3v) is 10.5. The number of hydrogen-bond acceptors (Lipinski definition) is 3. The summed E-state index contributed by atoms with van der Waals surface area (Å²) in [5.74, 6) is 1.79. The van der Waals surface area contributed by atoms with E-state index in [1.165, 1.54) is 50.3 Å². The number of hydrogen-bond donors (Lipinski definition) is 0. The quantitative estimate of drug-likeness (QED) is 0.202. The Morgan fingerprint density at radius 3 is 2.04 bits per heavy atom. The second-order valence-electron chi connectivity index (χ2n) is 13.9. The third kappa shape index (κ3) is 3.54. The number of benzene rings is 6. The molecule has 0 saturated heterocycles. The number of ether oxygens (including phenoxy) is 1. The highest BCUT2D eigenvalue weighted by molar-refractivity contribution is 5.98. The molecule has 0 fully saturated rings. The Morgan fingerprint density at radius 1 is 0.543 bits per heavy atom. The molecule has 46 heavy (non-hydrogen) atoms. The van der Waals surface area contributed by atoms with E-state index in [1.807, 2.05) is 0 Å². The maximum absolute atomic E-state index is 6.57. The number of para-hydroxylation sites is 3. The first-order valence-corrected chi connectivity index (χ1v) is 16.2. The van der Waals surface area contributed by atoms with Gasteiger partial charge in [0.2, 0.25) is 0 Å². The Hall–Kier alpha value is -5.28. The molecule has 1 aliphatic carbocycles. The molecule has 0 radical (unpaired) electrons. The van der Waals surface area contributed by atoms with E-state index in [0.717, 1.165) is 34.2 Å². The van der Waals surface area contributed by atoms with Gasteiger partial charge in [-0.1, -0.05) is 107 Å². The molecule has 2 aliphatic heterocycles. The highest BCUT2D eigenvalue weighted by Crippen LogP contribution is 2.62. The van der Waals surface area contributed by atoms with Gasteiger partial charge in [0.25, 0.3) is 0 Å². The van der Waals surface area contributed by atoms with Crippen LogP contribution >= 0.6 is 0 Å². The van der Waals surface area contributed by atoms with E-state index in [4.69, 9.17) is 4.74 Å². The number of aryl methyl sites for hydroxylation is 1. The van der Waals surface area contributed by atoms with Crippen LogP contribution in [-0.2, 0) is 10.8 Å². The van der Waals surface area contributed by atoms with Crippen molar-refractivity contribution in [2.45, 2.75) is 45.4 Å². The van der Waals surface area contributed by atoms with Crippen LogP contribution in [0.15, 0.2) is 127 Å². The zero-order valence-corrected chi connectivity index (χ0v) is 26.9. The Bertz CT molecular complexity index is 2210. The summed E-state index contributed by atoms with van der Waals surface area (Å²) in [6, 6.07) is 46.4. The molecule has 3 nitrogen and oxygen atoms in total. The van der Waals surface area contributed by atoms with Gasteiger partial charge < -0.3 is 14.5 Å². The van der Waals surface area contributed by atoms with Crippen LogP contribution < -0.4 is 14.5 Å². The van der Waals surface area contributed by atoms with Gasteiger partial charge in [-0.2, -0.15) is 0 Å². The van der Waals surface area contributed by atoms with E-state index < -0.39 is 0 Å². The molecule has 3 heteroatoms. The zero-order valence-electron chi connectivity index (χ0n) is 26.9. The lowest BCUT2D eigenvalue weighted by Gasteiger charge is -2.47. The lowest BCUT2D eigenvalue weighted by Crippen LogP contribution is -2.34. The molecule has 0 N–H and O–H groups in total. The molecular formula is C43H36N2O. The number of nitrogens with zero attached hydrogens (tertiary/aromatic N) is 2. The highest BCUT2D eigenvalue weighted by Gasteiger charge is 2.44. The molecule has 0 spiro atoms. The van der Waals surface area contributed by atoms with Crippen LogP contribution in [0.5, 0.6) is 11.5 Å². The normalized spacial score (nSPS) is 15.5. The Balaban J connectivity index is 1.32. The van der Waals surface area contributed by atoms with Crippen molar-refractivity contribution in [2.75, 3.05) is 9.80 Å². The second kappa shape index (κ2) is 9.37. The minimum absolute atomic E-state index is 0.0932. The van der Waals surface area contributed by atoms with Crippen molar-refractivity contribution < 1.29 is 4.74 Å². The first-order valence-electron chi connectivity index (χ1n) is 16.2. The van der Waals surface area contributed by atoms with Crippen LogP contribution in [0.25, 0.3) is 11.1 Å². The van der Waals surface area contributed by atoms with Crippen molar-refractivity contribution in [1.29, 1.82) is 0 Å². The molecule has 0 saturated carbocycles. The predicted octanol–water partition coefficient (Wildman–Crippen LogP) is 12.0. The number of fused-ring (bicyclic) bond motifs is 7. The third-order valence-electron chi connectivity index (χ3n) is 10.5. The largest absolute Gasteiger partial charge is 0.453 e. The maximum Gasteiger partial charge on any atom is 0.151 e. The first-order chi connectivity index (χ1) is 22.3. The summed E-state index contributed by atoms with van der Waals surface area (Å²) in [6.45, 7) is 11.6. The van der Waals surface area contributed by atoms with E-state index in [9.17, 15) is 0 Å². The average molecular weight is 597 g/mol. The van der Waals surface area contributed by atoms with Gasteiger partial charge in [0.05, 0.1) is 22.7 Å². The Morgan fingerprint density at radius 2 is 1.22 bits per heavy atom. The molecule has 0 unspecified atom stereocenters. The average Bonchev–Trinajstić information content (AvgIpc) is 3.29. The van der Waals surface area contributed by atoms with Crippen LogP contribution in [0.1, 0.15) is 55.5 Å². The lowest BCUT2D eigenvalue weighted by atomic mass is 9.72. The molecule has 0 aromatic heterocycles. The maximum atomic E-state index is 6.57. The van der Waals surface area contributed by atoms with Gasteiger partial charge in [0, 0.05) is 27.8 Å². The first kappa shape index (κ1) is 27.1. The van der Waals surface area contributed by atoms with Gasteiger partial charge in [0.1, 0.15) is 0 Å². The molecule has 0 amide bonds. The highest BCUT2D eigenvalue weighted by atomic mass is 16.5. The molecule has 2 heterocycles. The monoisotopic (exact) mass is 596 g/mol. The van der Waals surface area contributed by atoms with Crippen molar-refractivity contribution >= 4 is 34.1 Å². The zero-order chi connectivity index (χ0) is 31.4. The molecule has 0 bridgehead atoms. The second-order valence-corrected chi connectivity index (χ2v) is 13.9. The molecule has 0 atom stereocenters. The van der Waals surface area contributed by atoms with Crippen molar-refractivity contribution in [1.82, 2.24) is 0 Å². The molecule has 224 valence electrons. The summed E-state index contributed by atoms with van der Waals surface area (Å²) in [6.07, 6.45) is 0.